The molecule has 37 heavy (non-hydrogen) atoms. The lowest BCUT2D eigenvalue weighted by Crippen LogP contribution is -2.38. The molecule has 0 saturated heterocycles. The number of aromatic nitrogens is 4. The summed E-state index contributed by atoms with van der Waals surface area (Å²) in [5, 5.41) is 11.4. The fourth-order valence-electron chi connectivity index (χ4n) is 5.27. The SMILES string of the molecule is C=C(/C=C\C=C(/C)c1nnc2n1C(C)CC2)NC(=O)c1cc2c(cn1)CCN(C(=O)OC1CCCC1)C2. The fourth-order valence-corrected chi connectivity index (χ4v) is 5.27. The summed E-state index contributed by atoms with van der Waals surface area (Å²) in [7, 11) is 0. The molecule has 1 aliphatic carbocycles. The topological polar surface area (TPSA) is 102 Å². The van der Waals surface area contributed by atoms with Crippen molar-refractivity contribution in [1.82, 2.24) is 30.0 Å². The number of nitrogens with zero attached hydrogens (tertiary/aromatic N) is 5. The summed E-state index contributed by atoms with van der Waals surface area (Å²) < 4.78 is 7.85. The van der Waals surface area contributed by atoms with Crippen LogP contribution in [0.3, 0.4) is 0 Å². The largest absolute Gasteiger partial charge is 0.446 e. The highest BCUT2D eigenvalue weighted by Gasteiger charge is 2.27. The third-order valence-electron chi connectivity index (χ3n) is 7.42. The predicted molar refractivity (Wildman–Crippen MR) is 140 cm³/mol. The van der Waals surface area contributed by atoms with Gasteiger partial charge in [-0.25, -0.2) is 4.79 Å². The number of carbonyl (C=O) groups is 2. The van der Waals surface area contributed by atoms with Gasteiger partial charge in [-0.2, -0.15) is 0 Å². The standard InChI is InChI=1S/C28H34N6O3/c1-18(26-32-31-25-12-11-20(3)34(25)26)7-6-8-19(2)30-27(35)24-15-22-17-33(14-13-21(22)16-29-24)28(36)37-23-9-4-5-10-23/h6-8,15-16,20,23H,2,4-5,9-14,17H2,1,3H3,(H,30,35)/b8-6-,18-7+. The lowest BCUT2D eigenvalue weighted by Gasteiger charge is -2.29. The van der Waals surface area contributed by atoms with Crippen molar-refractivity contribution in [3.63, 3.8) is 0 Å². The van der Waals surface area contributed by atoms with Gasteiger partial charge in [0.1, 0.15) is 17.6 Å². The fraction of sp³-hybridized carbons (Fsp3) is 0.464. The van der Waals surface area contributed by atoms with Crippen LogP contribution in [0.1, 0.15) is 85.3 Å². The Kier molecular flexibility index (Phi) is 7.21. The second-order valence-electron chi connectivity index (χ2n) is 10.2. The molecule has 1 saturated carbocycles. The van der Waals surface area contributed by atoms with Gasteiger partial charge in [-0.05, 0) is 81.2 Å². The van der Waals surface area contributed by atoms with E-state index in [-0.39, 0.29) is 18.1 Å². The molecule has 3 aliphatic rings. The first kappa shape index (κ1) is 24.9. The Bertz CT molecular complexity index is 1270. The first-order valence-corrected chi connectivity index (χ1v) is 13.1. The maximum Gasteiger partial charge on any atom is 0.410 e. The van der Waals surface area contributed by atoms with E-state index in [1.807, 2.05) is 19.1 Å². The highest BCUT2D eigenvalue weighted by atomic mass is 16.6. The van der Waals surface area contributed by atoms with Crippen molar-refractivity contribution < 1.29 is 14.3 Å². The molecule has 0 radical (unpaired) electrons. The average molecular weight is 503 g/mol. The number of carbonyl (C=O) groups excluding carboxylic acids is 2. The smallest absolute Gasteiger partial charge is 0.410 e. The number of allylic oxidation sites excluding steroid dienone is 4. The summed E-state index contributed by atoms with van der Waals surface area (Å²) >= 11 is 0. The molecular formula is C28H34N6O3. The van der Waals surface area contributed by atoms with E-state index in [1.165, 1.54) is 0 Å². The van der Waals surface area contributed by atoms with E-state index < -0.39 is 0 Å². The van der Waals surface area contributed by atoms with Crippen molar-refractivity contribution in [2.24, 2.45) is 0 Å². The normalized spacial score (nSPS) is 19.7. The first-order valence-electron chi connectivity index (χ1n) is 13.1. The Balaban J connectivity index is 1.18. The number of hydrogen-bond donors (Lipinski definition) is 1. The molecule has 2 aliphatic heterocycles. The van der Waals surface area contributed by atoms with Crippen molar-refractivity contribution in [2.75, 3.05) is 6.54 Å². The number of nitrogens with one attached hydrogen (secondary N) is 1. The molecule has 1 unspecified atom stereocenters. The van der Waals surface area contributed by atoms with Crippen molar-refractivity contribution in [3.05, 3.63) is 71.2 Å². The van der Waals surface area contributed by atoms with E-state index in [4.69, 9.17) is 4.74 Å². The highest BCUT2D eigenvalue weighted by Crippen LogP contribution is 2.28. The van der Waals surface area contributed by atoms with Gasteiger partial charge in [0.05, 0.1) is 0 Å². The second kappa shape index (κ2) is 10.7. The van der Waals surface area contributed by atoms with Gasteiger partial charge in [0.15, 0.2) is 5.82 Å². The van der Waals surface area contributed by atoms with Gasteiger partial charge in [0, 0.05) is 37.4 Å². The van der Waals surface area contributed by atoms with E-state index in [9.17, 15) is 9.59 Å². The molecule has 9 nitrogen and oxygen atoms in total. The maximum atomic E-state index is 12.8. The van der Waals surface area contributed by atoms with Crippen LogP contribution in [0.4, 0.5) is 4.79 Å². The molecule has 5 rings (SSSR count). The number of ether oxygens (including phenoxy) is 1. The minimum atomic E-state index is -0.340. The number of aryl methyl sites for hydroxylation is 1. The number of fused-ring (bicyclic) bond motifs is 2. The summed E-state index contributed by atoms with van der Waals surface area (Å²) in [6, 6.07) is 2.16. The van der Waals surface area contributed by atoms with Crippen molar-refractivity contribution in [1.29, 1.82) is 0 Å². The summed E-state index contributed by atoms with van der Waals surface area (Å²) in [4.78, 5) is 31.5. The zero-order valence-corrected chi connectivity index (χ0v) is 21.6. The van der Waals surface area contributed by atoms with Crippen LogP contribution >= 0.6 is 0 Å². The van der Waals surface area contributed by atoms with E-state index in [0.717, 1.165) is 66.9 Å². The molecule has 2 aromatic heterocycles. The maximum absolute atomic E-state index is 12.8. The van der Waals surface area contributed by atoms with Crippen LogP contribution in [0.25, 0.3) is 5.57 Å². The van der Waals surface area contributed by atoms with Crippen molar-refractivity contribution in [2.45, 2.75) is 77.5 Å². The molecule has 4 heterocycles. The highest BCUT2D eigenvalue weighted by molar-refractivity contribution is 5.94. The monoisotopic (exact) mass is 502 g/mol. The van der Waals surface area contributed by atoms with Gasteiger partial charge in [0.2, 0.25) is 0 Å². The number of rotatable bonds is 6. The third kappa shape index (κ3) is 5.50. The van der Waals surface area contributed by atoms with Crippen LogP contribution in [0, 0.1) is 0 Å². The van der Waals surface area contributed by atoms with Crippen LogP contribution < -0.4 is 5.32 Å². The quantitative estimate of drug-likeness (QED) is 0.583. The minimum Gasteiger partial charge on any atom is -0.446 e. The van der Waals surface area contributed by atoms with Crippen LogP contribution in [0.15, 0.2) is 42.8 Å². The van der Waals surface area contributed by atoms with E-state index in [2.05, 4.69) is 38.6 Å². The Morgan fingerprint density at radius 2 is 1.97 bits per heavy atom. The zero-order valence-electron chi connectivity index (χ0n) is 21.6. The average Bonchev–Trinajstić information content (AvgIpc) is 3.63. The van der Waals surface area contributed by atoms with E-state index in [1.54, 1.807) is 23.2 Å². The van der Waals surface area contributed by atoms with E-state index in [0.29, 0.717) is 36.9 Å². The van der Waals surface area contributed by atoms with Crippen LogP contribution in [0.2, 0.25) is 0 Å². The third-order valence-corrected chi connectivity index (χ3v) is 7.42. The number of pyridine rings is 1. The molecule has 1 atom stereocenters. The van der Waals surface area contributed by atoms with Gasteiger partial charge in [-0.3, -0.25) is 9.78 Å². The van der Waals surface area contributed by atoms with Gasteiger partial charge >= 0.3 is 6.09 Å². The van der Waals surface area contributed by atoms with Crippen molar-refractivity contribution >= 4 is 17.6 Å². The zero-order chi connectivity index (χ0) is 25.9. The Morgan fingerprint density at radius 3 is 2.78 bits per heavy atom. The Labute approximate surface area is 217 Å². The molecule has 1 fully saturated rings. The number of hydrogen-bond acceptors (Lipinski definition) is 6. The summed E-state index contributed by atoms with van der Waals surface area (Å²) in [5.41, 5.74) is 3.71. The van der Waals surface area contributed by atoms with Gasteiger partial charge in [-0.1, -0.05) is 18.7 Å². The number of amides is 2. The van der Waals surface area contributed by atoms with Gasteiger partial charge < -0.3 is 19.5 Å². The summed E-state index contributed by atoms with van der Waals surface area (Å²) in [5.74, 6) is 1.56. The molecule has 194 valence electrons. The molecule has 2 aromatic rings. The molecule has 2 amide bonds. The molecule has 9 heteroatoms. The molecule has 1 N–H and O–H groups in total. The van der Waals surface area contributed by atoms with Crippen molar-refractivity contribution in [3.8, 4) is 0 Å². The predicted octanol–water partition coefficient (Wildman–Crippen LogP) is 4.52. The van der Waals surface area contributed by atoms with Crippen LogP contribution in [-0.4, -0.2) is 49.3 Å². The summed E-state index contributed by atoms with van der Waals surface area (Å²) in [6.45, 7) is 9.13. The molecule has 0 aromatic carbocycles. The van der Waals surface area contributed by atoms with Crippen LogP contribution in [0.5, 0.6) is 0 Å². The van der Waals surface area contributed by atoms with Crippen LogP contribution in [-0.2, 0) is 24.1 Å². The van der Waals surface area contributed by atoms with Gasteiger partial charge in [0.25, 0.3) is 5.91 Å². The van der Waals surface area contributed by atoms with Gasteiger partial charge in [-0.15, -0.1) is 10.2 Å². The molecule has 0 spiro atoms. The summed E-state index contributed by atoms with van der Waals surface area (Å²) in [6.07, 6.45) is 13.9. The second-order valence-corrected chi connectivity index (χ2v) is 10.2. The molecular weight excluding hydrogens is 468 g/mol. The lowest BCUT2D eigenvalue weighted by molar-refractivity contribution is 0.0618. The van der Waals surface area contributed by atoms with E-state index >= 15 is 0 Å². The minimum absolute atomic E-state index is 0.0334. The Morgan fingerprint density at radius 1 is 1.16 bits per heavy atom. The first-order chi connectivity index (χ1) is 17.9. The Hall–Kier alpha value is -3.75. The lowest BCUT2D eigenvalue weighted by atomic mass is 10.0. The molecule has 0 bridgehead atoms.